The van der Waals surface area contributed by atoms with Crippen molar-refractivity contribution in [3.63, 3.8) is 0 Å². The number of fused-ring (bicyclic) bond motifs is 1. The van der Waals surface area contributed by atoms with Gasteiger partial charge >= 0.3 is 0 Å². The highest BCUT2D eigenvalue weighted by Gasteiger charge is 2.21. The number of aromatic nitrogens is 2. The molecule has 0 saturated carbocycles. The summed E-state index contributed by atoms with van der Waals surface area (Å²) in [5, 5.41) is 3.49. The highest BCUT2D eigenvalue weighted by atomic mass is 15.2. The Kier molecular flexibility index (Phi) is 3.74. The monoisotopic (exact) mass is 270 g/mol. The third kappa shape index (κ3) is 2.70. The van der Waals surface area contributed by atoms with E-state index >= 15 is 0 Å². The zero-order valence-corrected chi connectivity index (χ0v) is 12.2. The molecule has 0 aliphatic carbocycles. The molecule has 1 aliphatic heterocycles. The maximum Gasteiger partial charge on any atom is 0.122 e. The molecular weight excluding hydrogens is 248 g/mol. The van der Waals surface area contributed by atoms with E-state index in [1.54, 1.807) is 0 Å². The lowest BCUT2D eigenvalue weighted by molar-refractivity contribution is 0.288. The fourth-order valence-corrected chi connectivity index (χ4v) is 2.97. The molecule has 0 spiro atoms. The topological polar surface area (TPSA) is 33.1 Å². The van der Waals surface area contributed by atoms with Crippen LogP contribution in [0.25, 0.3) is 0 Å². The molecule has 2 aromatic rings. The Morgan fingerprint density at radius 2 is 2.25 bits per heavy atom. The van der Waals surface area contributed by atoms with Crippen molar-refractivity contribution in [2.75, 3.05) is 25.5 Å². The van der Waals surface area contributed by atoms with Gasteiger partial charge in [-0.15, -0.1) is 0 Å². The summed E-state index contributed by atoms with van der Waals surface area (Å²) >= 11 is 0. The molecule has 0 saturated heterocycles. The quantitative estimate of drug-likeness (QED) is 0.926. The number of rotatable bonds is 4. The second-order valence-electron chi connectivity index (χ2n) is 5.65. The van der Waals surface area contributed by atoms with E-state index in [0.29, 0.717) is 5.92 Å². The Balaban J connectivity index is 1.68. The van der Waals surface area contributed by atoms with Crippen molar-refractivity contribution < 1.29 is 0 Å². The normalized spacial score (nSPS) is 17.9. The predicted molar refractivity (Wildman–Crippen MR) is 81.8 cm³/mol. The van der Waals surface area contributed by atoms with Crippen LogP contribution in [0.15, 0.2) is 36.7 Å². The van der Waals surface area contributed by atoms with Gasteiger partial charge < -0.3 is 9.88 Å². The van der Waals surface area contributed by atoms with Gasteiger partial charge in [0.2, 0.25) is 0 Å². The van der Waals surface area contributed by atoms with Gasteiger partial charge in [0.05, 0.1) is 6.54 Å². The number of benzene rings is 1. The average molecular weight is 270 g/mol. The van der Waals surface area contributed by atoms with Gasteiger partial charge in [0.25, 0.3) is 0 Å². The second kappa shape index (κ2) is 5.67. The summed E-state index contributed by atoms with van der Waals surface area (Å²) in [4.78, 5) is 6.77. The molecule has 2 heterocycles. The van der Waals surface area contributed by atoms with Crippen LogP contribution in [-0.2, 0) is 13.6 Å². The van der Waals surface area contributed by atoms with Crippen LogP contribution < -0.4 is 5.32 Å². The third-order valence-corrected chi connectivity index (χ3v) is 4.07. The summed E-state index contributed by atoms with van der Waals surface area (Å²) in [6, 6.07) is 8.67. The van der Waals surface area contributed by atoms with Gasteiger partial charge in [-0.05, 0) is 25.1 Å². The number of aryl methyl sites for hydroxylation is 1. The molecule has 1 aliphatic rings. The standard InChI is InChI=1S/C16H22N4/c1-19(12-16-18-9-10-20(16)2)11-13-7-8-17-15-6-4-3-5-14(13)15/h3-6,9-10,13,17H,7-8,11-12H2,1-2H3. The molecular formula is C16H22N4. The van der Waals surface area contributed by atoms with Crippen LogP contribution in [0, 0.1) is 0 Å². The SMILES string of the molecule is CN(Cc1nccn1C)CC1CCNc2ccccc21. The number of hydrogen-bond acceptors (Lipinski definition) is 3. The summed E-state index contributed by atoms with van der Waals surface area (Å²) in [6.45, 7) is 3.04. The molecule has 1 N–H and O–H groups in total. The number of nitrogens with one attached hydrogen (secondary N) is 1. The first-order valence-electron chi connectivity index (χ1n) is 7.21. The van der Waals surface area contributed by atoms with Gasteiger partial charge in [-0.1, -0.05) is 18.2 Å². The average Bonchev–Trinajstić information content (AvgIpc) is 2.85. The van der Waals surface area contributed by atoms with Crippen molar-refractivity contribution in [2.45, 2.75) is 18.9 Å². The second-order valence-corrected chi connectivity index (χ2v) is 5.65. The molecule has 1 aromatic carbocycles. The Morgan fingerprint density at radius 1 is 1.40 bits per heavy atom. The van der Waals surface area contributed by atoms with Gasteiger partial charge in [-0.3, -0.25) is 4.90 Å². The van der Waals surface area contributed by atoms with Crippen molar-refractivity contribution in [1.29, 1.82) is 0 Å². The van der Waals surface area contributed by atoms with E-state index < -0.39 is 0 Å². The van der Waals surface area contributed by atoms with Crippen LogP contribution in [0.2, 0.25) is 0 Å². The number of imidazole rings is 1. The zero-order valence-electron chi connectivity index (χ0n) is 12.2. The molecule has 3 rings (SSSR count). The van der Waals surface area contributed by atoms with Crippen molar-refractivity contribution >= 4 is 5.69 Å². The van der Waals surface area contributed by atoms with Crippen LogP contribution in [0.5, 0.6) is 0 Å². The Bertz CT molecular complexity index is 575. The summed E-state index contributed by atoms with van der Waals surface area (Å²) in [6.07, 6.45) is 5.06. The van der Waals surface area contributed by atoms with Crippen LogP contribution >= 0.6 is 0 Å². The summed E-state index contributed by atoms with van der Waals surface area (Å²) in [5.41, 5.74) is 2.75. The van der Waals surface area contributed by atoms with Crippen molar-refractivity contribution in [3.05, 3.63) is 48.0 Å². The van der Waals surface area contributed by atoms with Gasteiger partial charge in [-0.25, -0.2) is 4.98 Å². The fourth-order valence-electron chi connectivity index (χ4n) is 2.97. The summed E-state index contributed by atoms with van der Waals surface area (Å²) in [5.74, 6) is 1.73. The summed E-state index contributed by atoms with van der Waals surface area (Å²) < 4.78 is 2.09. The number of likely N-dealkylation sites (N-methyl/N-ethyl adjacent to an activating group) is 1. The summed E-state index contributed by atoms with van der Waals surface area (Å²) in [7, 11) is 4.23. The maximum atomic E-state index is 4.40. The maximum absolute atomic E-state index is 4.40. The lowest BCUT2D eigenvalue weighted by Crippen LogP contribution is -2.29. The lowest BCUT2D eigenvalue weighted by atomic mass is 9.90. The van der Waals surface area contributed by atoms with E-state index in [2.05, 4.69) is 58.1 Å². The Labute approximate surface area is 120 Å². The highest BCUT2D eigenvalue weighted by molar-refractivity contribution is 5.54. The van der Waals surface area contributed by atoms with Crippen LogP contribution in [0.3, 0.4) is 0 Å². The predicted octanol–water partition coefficient (Wildman–Crippen LogP) is 2.45. The molecule has 1 atom stereocenters. The Hall–Kier alpha value is -1.81. The van der Waals surface area contributed by atoms with Crippen LogP contribution in [0.4, 0.5) is 5.69 Å². The lowest BCUT2D eigenvalue weighted by Gasteiger charge is -2.30. The van der Waals surface area contributed by atoms with Gasteiger partial charge in [0.15, 0.2) is 0 Å². The van der Waals surface area contributed by atoms with E-state index in [-0.39, 0.29) is 0 Å². The zero-order chi connectivity index (χ0) is 13.9. The van der Waals surface area contributed by atoms with E-state index in [0.717, 1.165) is 25.5 Å². The van der Waals surface area contributed by atoms with Gasteiger partial charge in [0, 0.05) is 44.1 Å². The fraction of sp³-hybridized carbons (Fsp3) is 0.438. The molecule has 20 heavy (non-hydrogen) atoms. The Morgan fingerprint density at radius 3 is 3.05 bits per heavy atom. The van der Waals surface area contributed by atoms with Crippen molar-refractivity contribution in [2.24, 2.45) is 7.05 Å². The van der Waals surface area contributed by atoms with Gasteiger partial charge in [-0.2, -0.15) is 0 Å². The van der Waals surface area contributed by atoms with E-state index in [4.69, 9.17) is 0 Å². The minimum absolute atomic E-state index is 0.609. The molecule has 1 unspecified atom stereocenters. The van der Waals surface area contributed by atoms with Crippen molar-refractivity contribution in [1.82, 2.24) is 14.5 Å². The van der Waals surface area contributed by atoms with E-state index in [1.165, 1.54) is 17.7 Å². The van der Waals surface area contributed by atoms with Crippen molar-refractivity contribution in [3.8, 4) is 0 Å². The molecule has 4 nitrogen and oxygen atoms in total. The molecule has 0 fully saturated rings. The van der Waals surface area contributed by atoms with E-state index in [9.17, 15) is 0 Å². The smallest absolute Gasteiger partial charge is 0.122 e. The molecule has 1 aromatic heterocycles. The van der Waals surface area contributed by atoms with Crippen LogP contribution in [-0.4, -0.2) is 34.6 Å². The van der Waals surface area contributed by atoms with Gasteiger partial charge in [0.1, 0.15) is 5.82 Å². The molecule has 0 radical (unpaired) electrons. The minimum Gasteiger partial charge on any atom is -0.385 e. The van der Waals surface area contributed by atoms with E-state index in [1.807, 2.05) is 12.4 Å². The number of anilines is 1. The molecule has 4 heteroatoms. The number of nitrogens with zero attached hydrogens (tertiary/aromatic N) is 3. The highest BCUT2D eigenvalue weighted by Crippen LogP contribution is 2.31. The number of hydrogen-bond donors (Lipinski definition) is 1. The number of para-hydroxylation sites is 1. The first-order valence-corrected chi connectivity index (χ1v) is 7.21. The molecule has 0 amide bonds. The minimum atomic E-state index is 0.609. The molecule has 0 bridgehead atoms. The third-order valence-electron chi connectivity index (χ3n) is 4.07. The van der Waals surface area contributed by atoms with Crippen LogP contribution in [0.1, 0.15) is 23.7 Å². The first kappa shape index (κ1) is 13.2. The molecule has 106 valence electrons. The first-order chi connectivity index (χ1) is 9.74. The largest absolute Gasteiger partial charge is 0.385 e.